The molecule has 3 aromatic rings. The van der Waals surface area contributed by atoms with Crippen molar-refractivity contribution in [3.8, 4) is 17.0 Å². The van der Waals surface area contributed by atoms with Crippen LogP contribution in [0.25, 0.3) is 11.3 Å². The standard InChI is InChI=1S/C25H27N3O2/c1-30-24-13-12-20(16-22(24)23-11-5-6-14-26-23)25(29)27-17-21-10-7-15-28(21)18-19-8-3-2-4-9-19/h2-6,8-9,11-14,16,21H,7,10,15,17-18H2,1H3,(H,27,29). The first kappa shape index (κ1) is 20.1. The number of hydrogen-bond acceptors (Lipinski definition) is 4. The lowest BCUT2D eigenvalue weighted by atomic mass is 10.1. The van der Waals surface area contributed by atoms with Gasteiger partial charge in [-0.25, -0.2) is 0 Å². The van der Waals surface area contributed by atoms with Crippen LogP contribution in [-0.4, -0.2) is 42.0 Å². The Kier molecular flexibility index (Phi) is 6.40. The fraction of sp³-hybridized carbons (Fsp3) is 0.280. The van der Waals surface area contributed by atoms with Gasteiger partial charge in [0.15, 0.2) is 0 Å². The van der Waals surface area contributed by atoms with Crippen molar-refractivity contribution in [2.24, 2.45) is 0 Å². The molecule has 154 valence electrons. The summed E-state index contributed by atoms with van der Waals surface area (Å²) in [5, 5.41) is 3.13. The van der Waals surface area contributed by atoms with Gasteiger partial charge in [-0.15, -0.1) is 0 Å². The summed E-state index contributed by atoms with van der Waals surface area (Å²) < 4.78 is 5.47. The van der Waals surface area contributed by atoms with E-state index < -0.39 is 0 Å². The van der Waals surface area contributed by atoms with Gasteiger partial charge in [-0.2, -0.15) is 0 Å². The Labute approximate surface area is 177 Å². The highest BCUT2D eigenvalue weighted by atomic mass is 16.5. The molecule has 0 aliphatic carbocycles. The van der Waals surface area contributed by atoms with Crippen LogP contribution in [0.4, 0.5) is 0 Å². The Bertz CT molecular complexity index is 976. The van der Waals surface area contributed by atoms with E-state index in [1.165, 1.54) is 12.0 Å². The molecule has 2 heterocycles. The highest BCUT2D eigenvalue weighted by Gasteiger charge is 2.25. The topological polar surface area (TPSA) is 54.5 Å². The van der Waals surface area contributed by atoms with Gasteiger partial charge in [0, 0.05) is 36.5 Å². The van der Waals surface area contributed by atoms with Crippen LogP contribution in [0.5, 0.6) is 5.75 Å². The first-order valence-electron chi connectivity index (χ1n) is 10.4. The molecular weight excluding hydrogens is 374 g/mol. The molecule has 1 unspecified atom stereocenters. The number of methoxy groups -OCH3 is 1. The quantitative estimate of drug-likeness (QED) is 0.646. The molecular formula is C25H27N3O2. The summed E-state index contributed by atoms with van der Waals surface area (Å²) in [6.45, 7) is 2.64. The average molecular weight is 402 g/mol. The summed E-state index contributed by atoms with van der Waals surface area (Å²) in [5.41, 5.74) is 3.53. The van der Waals surface area contributed by atoms with Crippen LogP contribution < -0.4 is 10.1 Å². The first-order chi connectivity index (χ1) is 14.7. The van der Waals surface area contributed by atoms with Crippen LogP contribution in [0, 0.1) is 0 Å². The third-order valence-electron chi connectivity index (χ3n) is 5.63. The number of aromatic nitrogens is 1. The Hall–Kier alpha value is -3.18. The molecule has 1 aliphatic rings. The number of pyridine rings is 1. The number of nitrogens with one attached hydrogen (secondary N) is 1. The average Bonchev–Trinajstić information content (AvgIpc) is 3.25. The SMILES string of the molecule is COc1ccc(C(=O)NCC2CCCN2Cc2ccccc2)cc1-c1ccccn1. The minimum absolute atomic E-state index is 0.0682. The fourth-order valence-corrected chi connectivity index (χ4v) is 4.04. The highest BCUT2D eigenvalue weighted by molar-refractivity contribution is 5.96. The van der Waals surface area contributed by atoms with Crippen molar-refractivity contribution < 1.29 is 9.53 Å². The van der Waals surface area contributed by atoms with E-state index in [0.717, 1.165) is 30.8 Å². The number of carbonyl (C=O) groups is 1. The molecule has 0 saturated carbocycles. The highest BCUT2D eigenvalue weighted by Crippen LogP contribution is 2.29. The van der Waals surface area contributed by atoms with Crippen molar-refractivity contribution in [3.63, 3.8) is 0 Å². The minimum atomic E-state index is -0.0682. The number of amides is 1. The predicted molar refractivity (Wildman–Crippen MR) is 118 cm³/mol. The molecule has 4 rings (SSSR count). The van der Waals surface area contributed by atoms with Gasteiger partial charge in [0.1, 0.15) is 5.75 Å². The summed E-state index contributed by atoms with van der Waals surface area (Å²) in [5.74, 6) is 0.636. The maximum atomic E-state index is 12.9. The molecule has 1 amide bonds. The molecule has 2 aromatic carbocycles. The summed E-state index contributed by atoms with van der Waals surface area (Å²) in [7, 11) is 1.63. The third kappa shape index (κ3) is 4.69. The minimum Gasteiger partial charge on any atom is -0.496 e. The maximum absolute atomic E-state index is 12.9. The van der Waals surface area contributed by atoms with E-state index in [-0.39, 0.29) is 5.91 Å². The molecule has 0 radical (unpaired) electrons. The zero-order valence-corrected chi connectivity index (χ0v) is 17.3. The second-order valence-electron chi connectivity index (χ2n) is 7.59. The van der Waals surface area contributed by atoms with Crippen LogP contribution >= 0.6 is 0 Å². The van der Waals surface area contributed by atoms with E-state index in [1.54, 1.807) is 19.4 Å². The number of ether oxygens (including phenoxy) is 1. The van der Waals surface area contributed by atoms with E-state index >= 15 is 0 Å². The van der Waals surface area contributed by atoms with Gasteiger partial charge in [-0.3, -0.25) is 14.7 Å². The molecule has 1 saturated heterocycles. The lowest BCUT2D eigenvalue weighted by Crippen LogP contribution is -2.39. The van der Waals surface area contributed by atoms with Crippen molar-refractivity contribution in [2.75, 3.05) is 20.2 Å². The molecule has 1 aliphatic heterocycles. The van der Waals surface area contributed by atoms with Crippen LogP contribution in [0.15, 0.2) is 72.9 Å². The number of hydrogen-bond donors (Lipinski definition) is 1. The van der Waals surface area contributed by atoms with Gasteiger partial charge in [0.2, 0.25) is 0 Å². The summed E-state index contributed by atoms with van der Waals surface area (Å²) >= 11 is 0. The number of benzene rings is 2. The van der Waals surface area contributed by atoms with Gasteiger partial charge >= 0.3 is 0 Å². The van der Waals surface area contributed by atoms with Gasteiger partial charge < -0.3 is 10.1 Å². The number of nitrogens with zero attached hydrogens (tertiary/aromatic N) is 2. The van der Waals surface area contributed by atoms with Crippen LogP contribution in [0.2, 0.25) is 0 Å². The Morgan fingerprint density at radius 1 is 1.13 bits per heavy atom. The predicted octanol–water partition coefficient (Wildman–Crippen LogP) is 4.15. The second kappa shape index (κ2) is 9.55. The number of rotatable bonds is 7. The van der Waals surface area contributed by atoms with Gasteiger partial charge in [0.05, 0.1) is 12.8 Å². The van der Waals surface area contributed by atoms with Crippen molar-refractivity contribution in [2.45, 2.75) is 25.4 Å². The number of likely N-dealkylation sites (tertiary alicyclic amines) is 1. The lowest BCUT2D eigenvalue weighted by Gasteiger charge is -2.25. The molecule has 0 spiro atoms. The largest absolute Gasteiger partial charge is 0.496 e. The molecule has 1 atom stereocenters. The first-order valence-corrected chi connectivity index (χ1v) is 10.4. The Balaban J connectivity index is 1.42. The molecule has 1 fully saturated rings. The van der Waals surface area contributed by atoms with E-state index in [9.17, 15) is 4.79 Å². The smallest absolute Gasteiger partial charge is 0.251 e. The normalized spacial score (nSPS) is 16.4. The van der Waals surface area contributed by atoms with Gasteiger partial charge in [0.25, 0.3) is 5.91 Å². The summed E-state index contributed by atoms with van der Waals surface area (Å²) in [4.78, 5) is 19.7. The van der Waals surface area contributed by atoms with Crippen molar-refractivity contribution in [1.29, 1.82) is 0 Å². The van der Waals surface area contributed by atoms with E-state index in [1.807, 2.05) is 36.4 Å². The van der Waals surface area contributed by atoms with Gasteiger partial charge in [-0.1, -0.05) is 36.4 Å². The molecule has 30 heavy (non-hydrogen) atoms. The molecule has 1 aromatic heterocycles. The maximum Gasteiger partial charge on any atom is 0.251 e. The van der Waals surface area contributed by atoms with Crippen molar-refractivity contribution in [1.82, 2.24) is 15.2 Å². The second-order valence-corrected chi connectivity index (χ2v) is 7.59. The van der Waals surface area contributed by atoms with Crippen molar-refractivity contribution in [3.05, 3.63) is 84.1 Å². The molecule has 5 heteroatoms. The van der Waals surface area contributed by atoms with Crippen LogP contribution in [0.3, 0.4) is 0 Å². The third-order valence-corrected chi connectivity index (χ3v) is 5.63. The van der Waals surface area contributed by atoms with E-state index in [4.69, 9.17) is 4.74 Å². The number of carbonyl (C=O) groups excluding carboxylic acids is 1. The van der Waals surface area contributed by atoms with E-state index in [0.29, 0.717) is 23.9 Å². The van der Waals surface area contributed by atoms with E-state index in [2.05, 4.69) is 39.5 Å². The molecule has 1 N–H and O–H groups in total. The zero-order chi connectivity index (χ0) is 20.8. The molecule has 5 nitrogen and oxygen atoms in total. The zero-order valence-electron chi connectivity index (χ0n) is 17.3. The molecule has 0 bridgehead atoms. The lowest BCUT2D eigenvalue weighted by molar-refractivity contribution is 0.0940. The Morgan fingerprint density at radius 2 is 1.97 bits per heavy atom. The van der Waals surface area contributed by atoms with Crippen LogP contribution in [0.1, 0.15) is 28.8 Å². The monoisotopic (exact) mass is 401 g/mol. The summed E-state index contributed by atoms with van der Waals surface area (Å²) in [6, 6.07) is 22.1. The van der Waals surface area contributed by atoms with Crippen LogP contribution in [-0.2, 0) is 6.54 Å². The Morgan fingerprint density at radius 3 is 2.73 bits per heavy atom. The van der Waals surface area contributed by atoms with Gasteiger partial charge in [-0.05, 0) is 55.3 Å². The summed E-state index contributed by atoms with van der Waals surface area (Å²) in [6.07, 6.45) is 4.01. The van der Waals surface area contributed by atoms with Crippen molar-refractivity contribution >= 4 is 5.91 Å². The fourth-order valence-electron chi connectivity index (χ4n) is 4.04.